The highest BCUT2D eigenvalue weighted by Crippen LogP contribution is 2.52. The van der Waals surface area contributed by atoms with E-state index in [2.05, 4.69) is 39.7 Å². The minimum atomic E-state index is 0.0229. The van der Waals surface area contributed by atoms with E-state index < -0.39 is 0 Å². The Kier molecular flexibility index (Phi) is 2.45. The molecule has 1 aromatic heterocycles. The molecule has 2 heterocycles. The maximum absolute atomic E-state index is 5.50. The zero-order chi connectivity index (χ0) is 12.7. The van der Waals surface area contributed by atoms with Crippen molar-refractivity contribution in [1.82, 2.24) is 15.5 Å². The van der Waals surface area contributed by atoms with Gasteiger partial charge in [-0.3, -0.25) is 0 Å². The second-order valence-electron chi connectivity index (χ2n) is 5.59. The summed E-state index contributed by atoms with van der Waals surface area (Å²) >= 11 is 0. The Hall–Kier alpha value is -1.68. The molecule has 4 heteroatoms. The van der Waals surface area contributed by atoms with Crippen molar-refractivity contribution in [3.63, 3.8) is 0 Å². The minimum Gasteiger partial charge on any atom is -0.339 e. The normalized spacial score (nSPS) is 24.5. The molecular weight excluding hydrogens is 238 g/mol. The van der Waals surface area contributed by atoms with Gasteiger partial charge in [-0.05, 0) is 31.4 Å². The fourth-order valence-electron chi connectivity index (χ4n) is 2.98. The van der Waals surface area contributed by atoms with Gasteiger partial charge in [0.25, 0.3) is 0 Å². The Morgan fingerprint density at radius 3 is 2.74 bits per heavy atom. The molecule has 98 valence electrons. The summed E-state index contributed by atoms with van der Waals surface area (Å²) in [5.74, 6) is 2.08. The van der Waals surface area contributed by atoms with Gasteiger partial charge in [-0.1, -0.05) is 35.5 Å². The van der Waals surface area contributed by atoms with Gasteiger partial charge in [0, 0.05) is 6.54 Å². The summed E-state index contributed by atoms with van der Waals surface area (Å²) in [6, 6.07) is 10.5. The molecule has 1 aromatic carbocycles. The van der Waals surface area contributed by atoms with E-state index in [0.717, 1.165) is 44.1 Å². The van der Waals surface area contributed by atoms with Crippen LogP contribution >= 0.6 is 0 Å². The summed E-state index contributed by atoms with van der Waals surface area (Å²) in [6.45, 7) is 2.01. The second-order valence-corrected chi connectivity index (χ2v) is 5.59. The standard InChI is InChI=1S/C15H17N3O/c1-2-4-12(5-3-1)15(7-8-15)14-17-13(19-18-14)11-6-9-16-10-11/h1-5,11,16H,6-10H2. The Balaban J connectivity index is 1.66. The average Bonchev–Trinajstić information content (AvgIpc) is 2.92. The first-order valence-corrected chi connectivity index (χ1v) is 6.99. The quantitative estimate of drug-likeness (QED) is 0.913. The van der Waals surface area contributed by atoms with Crippen molar-refractivity contribution in [2.45, 2.75) is 30.6 Å². The third-order valence-corrected chi connectivity index (χ3v) is 4.36. The van der Waals surface area contributed by atoms with E-state index in [9.17, 15) is 0 Å². The molecule has 1 saturated carbocycles. The molecule has 1 saturated heterocycles. The van der Waals surface area contributed by atoms with Crippen LogP contribution < -0.4 is 5.32 Å². The van der Waals surface area contributed by atoms with Crippen LogP contribution in [-0.4, -0.2) is 23.2 Å². The first-order valence-electron chi connectivity index (χ1n) is 6.99. The van der Waals surface area contributed by atoms with E-state index in [0.29, 0.717) is 5.92 Å². The van der Waals surface area contributed by atoms with Crippen LogP contribution in [0.15, 0.2) is 34.9 Å². The summed E-state index contributed by atoms with van der Waals surface area (Å²) in [5, 5.41) is 7.60. The largest absolute Gasteiger partial charge is 0.339 e. The van der Waals surface area contributed by atoms with Crippen LogP contribution in [-0.2, 0) is 5.41 Å². The maximum Gasteiger partial charge on any atom is 0.231 e. The number of nitrogens with zero attached hydrogens (tertiary/aromatic N) is 2. The van der Waals surface area contributed by atoms with Crippen LogP contribution in [0.2, 0.25) is 0 Å². The van der Waals surface area contributed by atoms with Gasteiger partial charge in [-0.2, -0.15) is 4.98 Å². The summed E-state index contributed by atoms with van der Waals surface area (Å²) in [6.07, 6.45) is 3.35. The van der Waals surface area contributed by atoms with Crippen LogP contribution in [0.5, 0.6) is 0 Å². The van der Waals surface area contributed by atoms with E-state index in [1.807, 2.05) is 6.07 Å². The maximum atomic E-state index is 5.50. The van der Waals surface area contributed by atoms with Crippen molar-refractivity contribution in [1.29, 1.82) is 0 Å². The zero-order valence-electron chi connectivity index (χ0n) is 10.8. The molecule has 1 unspecified atom stereocenters. The summed E-state index contributed by atoms with van der Waals surface area (Å²) in [7, 11) is 0. The van der Waals surface area contributed by atoms with Crippen LogP contribution in [0.4, 0.5) is 0 Å². The molecule has 0 radical (unpaired) electrons. The van der Waals surface area contributed by atoms with Gasteiger partial charge >= 0.3 is 0 Å². The number of nitrogens with one attached hydrogen (secondary N) is 1. The summed E-state index contributed by atoms with van der Waals surface area (Å²) < 4.78 is 5.50. The van der Waals surface area contributed by atoms with Gasteiger partial charge in [-0.15, -0.1) is 0 Å². The van der Waals surface area contributed by atoms with Gasteiger partial charge in [0.2, 0.25) is 5.89 Å². The Morgan fingerprint density at radius 1 is 1.21 bits per heavy atom. The number of aromatic nitrogens is 2. The van der Waals surface area contributed by atoms with Crippen molar-refractivity contribution >= 4 is 0 Å². The number of benzene rings is 1. The molecule has 4 nitrogen and oxygen atoms in total. The SMILES string of the molecule is c1ccc(C2(c3noc(C4CCNC4)n3)CC2)cc1. The topological polar surface area (TPSA) is 51.0 Å². The highest BCUT2D eigenvalue weighted by molar-refractivity contribution is 5.38. The summed E-state index contributed by atoms with van der Waals surface area (Å²) in [4.78, 5) is 4.69. The molecule has 1 atom stereocenters. The molecule has 1 aliphatic heterocycles. The minimum absolute atomic E-state index is 0.0229. The molecule has 19 heavy (non-hydrogen) atoms. The fourth-order valence-corrected chi connectivity index (χ4v) is 2.98. The summed E-state index contributed by atoms with van der Waals surface area (Å²) in [5.41, 5.74) is 1.33. The Labute approximate surface area is 112 Å². The number of rotatable bonds is 3. The van der Waals surface area contributed by atoms with Crippen LogP contribution in [0.1, 0.15) is 42.5 Å². The highest BCUT2D eigenvalue weighted by atomic mass is 16.5. The van der Waals surface area contributed by atoms with Gasteiger partial charge in [-0.25, -0.2) is 0 Å². The average molecular weight is 255 g/mol. The zero-order valence-corrected chi connectivity index (χ0v) is 10.8. The third kappa shape index (κ3) is 1.78. The van der Waals surface area contributed by atoms with Crippen molar-refractivity contribution < 1.29 is 4.52 Å². The molecule has 1 aliphatic carbocycles. The van der Waals surface area contributed by atoms with Crippen molar-refractivity contribution in [2.75, 3.05) is 13.1 Å². The van der Waals surface area contributed by atoms with E-state index in [4.69, 9.17) is 4.52 Å². The van der Waals surface area contributed by atoms with Crippen molar-refractivity contribution in [2.24, 2.45) is 0 Å². The lowest BCUT2D eigenvalue weighted by molar-refractivity contribution is 0.352. The first-order chi connectivity index (χ1) is 9.38. The fraction of sp³-hybridized carbons (Fsp3) is 0.467. The molecule has 0 bridgehead atoms. The van der Waals surface area contributed by atoms with Gasteiger partial charge in [0.1, 0.15) is 0 Å². The second kappa shape index (κ2) is 4.17. The lowest BCUT2D eigenvalue weighted by Crippen LogP contribution is -2.11. The van der Waals surface area contributed by atoms with E-state index >= 15 is 0 Å². The van der Waals surface area contributed by atoms with Gasteiger partial charge in [0.15, 0.2) is 5.82 Å². The van der Waals surface area contributed by atoms with E-state index in [1.165, 1.54) is 5.56 Å². The van der Waals surface area contributed by atoms with Crippen LogP contribution in [0, 0.1) is 0 Å². The van der Waals surface area contributed by atoms with Gasteiger partial charge < -0.3 is 9.84 Å². The molecule has 4 rings (SSSR count). The van der Waals surface area contributed by atoms with Crippen molar-refractivity contribution in [3.8, 4) is 0 Å². The molecule has 0 amide bonds. The highest BCUT2D eigenvalue weighted by Gasteiger charge is 2.50. The number of hydrogen-bond acceptors (Lipinski definition) is 4. The molecule has 2 aliphatic rings. The predicted octanol–water partition coefficient (Wildman–Crippen LogP) is 2.23. The van der Waals surface area contributed by atoms with Crippen LogP contribution in [0.3, 0.4) is 0 Å². The predicted molar refractivity (Wildman–Crippen MR) is 71.0 cm³/mol. The van der Waals surface area contributed by atoms with Crippen LogP contribution in [0.25, 0.3) is 0 Å². The molecule has 2 aromatic rings. The molecule has 0 spiro atoms. The lowest BCUT2D eigenvalue weighted by Gasteiger charge is -2.10. The number of hydrogen-bond donors (Lipinski definition) is 1. The lowest BCUT2D eigenvalue weighted by atomic mass is 9.95. The Morgan fingerprint density at radius 2 is 2.05 bits per heavy atom. The first kappa shape index (κ1) is 11.2. The molecule has 2 fully saturated rings. The molecule has 1 N–H and O–H groups in total. The van der Waals surface area contributed by atoms with E-state index in [-0.39, 0.29) is 5.41 Å². The third-order valence-electron chi connectivity index (χ3n) is 4.36. The van der Waals surface area contributed by atoms with Gasteiger partial charge in [0.05, 0.1) is 11.3 Å². The monoisotopic (exact) mass is 255 g/mol. The van der Waals surface area contributed by atoms with Crippen molar-refractivity contribution in [3.05, 3.63) is 47.6 Å². The molecular formula is C15H17N3O. The Bertz CT molecular complexity index is 568. The smallest absolute Gasteiger partial charge is 0.231 e. The van der Waals surface area contributed by atoms with E-state index in [1.54, 1.807) is 0 Å².